The van der Waals surface area contributed by atoms with Crippen molar-refractivity contribution < 1.29 is 9.90 Å². The maximum atomic E-state index is 11.6. The number of aliphatic hydroxyl groups excluding tert-OH is 1. The number of nitrogens with zero attached hydrogens (tertiary/aromatic N) is 1. The van der Waals surface area contributed by atoms with Crippen LogP contribution in [0.25, 0.3) is 6.08 Å². The zero-order valence-corrected chi connectivity index (χ0v) is 10.1. The van der Waals surface area contributed by atoms with Crippen molar-refractivity contribution in [1.29, 1.82) is 0 Å². The molecule has 0 aliphatic carbocycles. The van der Waals surface area contributed by atoms with E-state index >= 15 is 0 Å². The molecule has 0 spiro atoms. The smallest absolute Gasteiger partial charge is 0.244 e. The van der Waals surface area contributed by atoms with Crippen molar-refractivity contribution >= 4 is 12.0 Å². The molecule has 0 aliphatic heterocycles. The Kier molecular flexibility index (Phi) is 5.36. The summed E-state index contributed by atoms with van der Waals surface area (Å²) in [6.45, 7) is 3.85. The summed E-state index contributed by atoms with van der Waals surface area (Å²) < 4.78 is 0. The Hall–Kier alpha value is -1.68. The summed E-state index contributed by atoms with van der Waals surface area (Å²) in [4.78, 5) is 15.5. The van der Waals surface area contributed by atoms with Gasteiger partial charge in [0.2, 0.25) is 5.91 Å². The van der Waals surface area contributed by atoms with Gasteiger partial charge in [0, 0.05) is 18.5 Å². The molecule has 0 aliphatic rings. The van der Waals surface area contributed by atoms with Gasteiger partial charge in [0.25, 0.3) is 0 Å². The lowest BCUT2D eigenvalue weighted by molar-refractivity contribution is -0.117. The largest absolute Gasteiger partial charge is 0.394 e. The van der Waals surface area contributed by atoms with Gasteiger partial charge in [0.05, 0.1) is 12.6 Å². The fraction of sp³-hybridized carbons (Fsp3) is 0.385. The van der Waals surface area contributed by atoms with Crippen molar-refractivity contribution in [3.05, 3.63) is 36.2 Å². The first kappa shape index (κ1) is 13.4. The summed E-state index contributed by atoms with van der Waals surface area (Å²) in [5, 5.41) is 11.8. The highest BCUT2D eigenvalue weighted by Gasteiger charge is 2.12. The van der Waals surface area contributed by atoms with Gasteiger partial charge in [-0.05, 0) is 23.6 Å². The fourth-order valence-electron chi connectivity index (χ4n) is 1.30. The highest BCUT2D eigenvalue weighted by atomic mass is 16.3. The van der Waals surface area contributed by atoms with Crippen LogP contribution in [0.3, 0.4) is 0 Å². The summed E-state index contributed by atoms with van der Waals surface area (Å²) in [5.41, 5.74) is 0.868. The molecule has 0 saturated heterocycles. The molecule has 0 fully saturated rings. The molecule has 1 rings (SSSR count). The summed E-state index contributed by atoms with van der Waals surface area (Å²) in [6.07, 6.45) is 6.49. The van der Waals surface area contributed by atoms with E-state index in [0.717, 1.165) is 5.56 Å². The van der Waals surface area contributed by atoms with E-state index in [9.17, 15) is 4.79 Å². The second-order valence-electron chi connectivity index (χ2n) is 4.16. The number of aromatic nitrogens is 1. The molecular formula is C13H18N2O2. The minimum Gasteiger partial charge on any atom is -0.394 e. The number of amides is 1. The topological polar surface area (TPSA) is 62.2 Å². The number of hydrogen-bond donors (Lipinski definition) is 2. The van der Waals surface area contributed by atoms with E-state index in [2.05, 4.69) is 10.3 Å². The third-order valence-corrected chi connectivity index (χ3v) is 2.44. The standard InChI is InChI=1S/C13H18N2O2/c1-10(2)12(9-16)15-13(17)6-5-11-4-3-7-14-8-11/h3-8,10,12,16H,9H2,1-2H3,(H,15,17). The molecule has 17 heavy (non-hydrogen) atoms. The van der Waals surface area contributed by atoms with Crippen LogP contribution >= 0.6 is 0 Å². The predicted octanol–water partition coefficient (Wildman–Crippen LogP) is 1.23. The van der Waals surface area contributed by atoms with Gasteiger partial charge in [-0.25, -0.2) is 0 Å². The van der Waals surface area contributed by atoms with Crippen LogP contribution in [-0.4, -0.2) is 28.6 Å². The normalized spacial score (nSPS) is 12.9. The Morgan fingerprint density at radius 3 is 2.88 bits per heavy atom. The number of rotatable bonds is 5. The molecule has 1 amide bonds. The lowest BCUT2D eigenvalue weighted by Gasteiger charge is -2.18. The van der Waals surface area contributed by atoms with Gasteiger partial charge < -0.3 is 10.4 Å². The number of aliphatic hydroxyl groups is 1. The van der Waals surface area contributed by atoms with E-state index in [1.165, 1.54) is 6.08 Å². The van der Waals surface area contributed by atoms with Crippen molar-refractivity contribution in [2.75, 3.05) is 6.61 Å². The van der Waals surface area contributed by atoms with E-state index in [1.807, 2.05) is 26.0 Å². The molecule has 0 aromatic carbocycles. The zero-order chi connectivity index (χ0) is 12.7. The third kappa shape index (κ3) is 4.78. The molecule has 0 bridgehead atoms. The predicted molar refractivity (Wildman–Crippen MR) is 67.1 cm³/mol. The maximum Gasteiger partial charge on any atom is 0.244 e. The molecule has 0 radical (unpaired) electrons. The molecule has 1 unspecified atom stereocenters. The Balaban J connectivity index is 2.52. The first-order valence-corrected chi connectivity index (χ1v) is 5.63. The molecular weight excluding hydrogens is 216 g/mol. The minimum absolute atomic E-state index is 0.0514. The molecule has 1 aromatic heterocycles. The number of pyridine rings is 1. The van der Waals surface area contributed by atoms with E-state index in [4.69, 9.17) is 5.11 Å². The van der Waals surface area contributed by atoms with Crippen LogP contribution in [0.4, 0.5) is 0 Å². The summed E-state index contributed by atoms with van der Waals surface area (Å²) in [7, 11) is 0. The summed E-state index contributed by atoms with van der Waals surface area (Å²) >= 11 is 0. The van der Waals surface area contributed by atoms with Crippen LogP contribution < -0.4 is 5.32 Å². The van der Waals surface area contributed by atoms with E-state index in [-0.39, 0.29) is 24.5 Å². The van der Waals surface area contributed by atoms with Gasteiger partial charge in [-0.15, -0.1) is 0 Å². The first-order valence-electron chi connectivity index (χ1n) is 5.63. The lowest BCUT2D eigenvalue weighted by atomic mass is 10.1. The van der Waals surface area contributed by atoms with Gasteiger partial charge in [-0.1, -0.05) is 19.9 Å². The SMILES string of the molecule is CC(C)C(CO)NC(=O)C=Cc1cccnc1. The molecule has 4 nitrogen and oxygen atoms in total. The number of hydrogen-bond acceptors (Lipinski definition) is 3. The quantitative estimate of drug-likeness (QED) is 0.753. The fourth-order valence-corrected chi connectivity index (χ4v) is 1.30. The van der Waals surface area contributed by atoms with Gasteiger partial charge in [0.15, 0.2) is 0 Å². The summed E-state index contributed by atoms with van der Waals surface area (Å²) in [5.74, 6) is -0.00246. The van der Waals surface area contributed by atoms with Crippen molar-refractivity contribution in [1.82, 2.24) is 10.3 Å². The molecule has 2 N–H and O–H groups in total. The molecule has 92 valence electrons. The maximum absolute atomic E-state index is 11.6. The highest BCUT2D eigenvalue weighted by molar-refractivity contribution is 5.91. The Bertz CT molecular complexity index is 374. The Labute approximate surface area is 101 Å². The van der Waals surface area contributed by atoms with Crippen molar-refractivity contribution in [2.45, 2.75) is 19.9 Å². The van der Waals surface area contributed by atoms with Crippen LogP contribution in [0.15, 0.2) is 30.6 Å². The lowest BCUT2D eigenvalue weighted by Crippen LogP contribution is -2.40. The number of carbonyl (C=O) groups is 1. The average molecular weight is 234 g/mol. The van der Waals surface area contributed by atoms with Crippen molar-refractivity contribution in [3.63, 3.8) is 0 Å². The second kappa shape index (κ2) is 6.81. The van der Waals surface area contributed by atoms with Crippen LogP contribution in [0.5, 0.6) is 0 Å². The van der Waals surface area contributed by atoms with Gasteiger partial charge in [0.1, 0.15) is 0 Å². The zero-order valence-electron chi connectivity index (χ0n) is 10.1. The molecule has 0 saturated carbocycles. The van der Waals surface area contributed by atoms with Gasteiger partial charge in [-0.3, -0.25) is 9.78 Å². The first-order chi connectivity index (χ1) is 8.13. The molecule has 4 heteroatoms. The Morgan fingerprint density at radius 1 is 1.59 bits per heavy atom. The van der Waals surface area contributed by atoms with Crippen molar-refractivity contribution in [3.8, 4) is 0 Å². The van der Waals surface area contributed by atoms with Crippen LogP contribution in [0.1, 0.15) is 19.4 Å². The van der Waals surface area contributed by atoms with Gasteiger partial charge >= 0.3 is 0 Å². The number of nitrogens with one attached hydrogen (secondary N) is 1. The van der Waals surface area contributed by atoms with Crippen LogP contribution in [-0.2, 0) is 4.79 Å². The Morgan fingerprint density at radius 2 is 2.35 bits per heavy atom. The molecule has 1 atom stereocenters. The van der Waals surface area contributed by atoms with Crippen LogP contribution in [0.2, 0.25) is 0 Å². The van der Waals surface area contributed by atoms with E-state index < -0.39 is 0 Å². The summed E-state index contributed by atoms with van der Waals surface area (Å²) in [6, 6.07) is 3.46. The van der Waals surface area contributed by atoms with E-state index in [0.29, 0.717) is 0 Å². The third-order valence-electron chi connectivity index (χ3n) is 2.44. The van der Waals surface area contributed by atoms with Gasteiger partial charge in [-0.2, -0.15) is 0 Å². The molecule has 1 aromatic rings. The average Bonchev–Trinajstić information content (AvgIpc) is 2.34. The van der Waals surface area contributed by atoms with Crippen molar-refractivity contribution in [2.24, 2.45) is 5.92 Å². The second-order valence-corrected chi connectivity index (χ2v) is 4.16. The number of carbonyl (C=O) groups excluding carboxylic acids is 1. The minimum atomic E-state index is -0.207. The van der Waals surface area contributed by atoms with Crippen LogP contribution in [0, 0.1) is 5.92 Å². The van der Waals surface area contributed by atoms with E-state index in [1.54, 1.807) is 18.5 Å². The monoisotopic (exact) mass is 234 g/mol. The highest BCUT2D eigenvalue weighted by Crippen LogP contribution is 2.01. The molecule has 1 heterocycles.